The first-order valence-corrected chi connectivity index (χ1v) is 4.33. The molecule has 13 heavy (non-hydrogen) atoms. The van der Waals surface area contributed by atoms with Gasteiger partial charge in [-0.05, 0) is 12.5 Å². The summed E-state index contributed by atoms with van der Waals surface area (Å²) in [5.41, 5.74) is 0.930. The summed E-state index contributed by atoms with van der Waals surface area (Å²) in [6.07, 6.45) is 4.24. The van der Waals surface area contributed by atoms with Crippen LogP contribution in [0.2, 0.25) is 0 Å². The summed E-state index contributed by atoms with van der Waals surface area (Å²) in [5, 5.41) is 11.8. The van der Waals surface area contributed by atoms with Gasteiger partial charge in [0, 0.05) is 18.9 Å². The summed E-state index contributed by atoms with van der Waals surface area (Å²) in [7, 11) is 0. The van der Waals surface area contributed by atoms with E-state index in [1.807, 2.05) is 13.0 Å². The summed E-state index contributed by atoms with van der Waals surface area (Å²) in [4.78, 5) is 13.5. The van der Waals surface area contributed by atoms with Crippen LogP contribution in [-0.2, 0) is 4.79 Å². The van der Waals surface area contributed by atoms with Gasteiger partial charge in [0.1, 0.15) is 0 Å². The van der Waals surface area contributed by atoms with Crippen molar-refractivity contribution >= 4 is 11.7 Å². The van der Waals surface area contributed by atoms with Crippen molar-refractivity contribution in [2.75, 3.05) is 11.9 Å². The van der Waals surface area contributed by atoms with Gasteiger partial charge in [0.2, 0.25) is 0 Å². The Hall–Kier alpha value is -1.45. The van der Waals surface area contributed by atoms with E-state index < -0.39 is 5.97 Å². The standard InChI is InChI=1S/C9H14N2O2/c1-2-7(9(12)13)5-11-8-3-4-10-6-8/h3-4,6-7,10-11H,2,5H2,1H3,(H,12,13). The number of aromatic nitrogens is 1. The van der Waals surface area contributed by atoms with E-state index in [4.69, 9.17) is 5.11 Å². The number of aromatic amines is 1. The molecule has 0 aliphatic rings. The molecule has 1 heterocycles. The van der Waals surface area contributed by atoms with E-state index in [2.05, 4.69) is 10.3 Å². The minimum Gasteiger partial charge on any atom is -0.481 e. The van der Waals surface area contributed by atoms with Gasteiger partial charge in [-0.2, -0.15) is 0 Å². The number of carbonyl (C=O) groups is 1. The molecule has 0 saturated heterocycles. The number of rotatable bonds is 5. The van der Waals surface area contributed by atoms with Crippen LogP contribution in [0.1, 0.15) is 13.3 Å². The lowest BCUT2D eigenvalue weighted by Crippen LogP contribution is -2.21. The molecule has 4 nitrogen and oxygen atoms in total. The second-order valence-electron chi connectivity index (χ2n) is 2.92. The minimum atomic E-state index is -0.745. The highest BCUT2D eigenvalue weighted by Crippen LogP contribution is 2.07. The molecule has 3 N–H and O–H groups in total. The molecule has 0 spiro atoms. The fourth-order valence-electron chi connectivity index (χ4n) is 1.08. The van der Waals surface area contributed by atoms with Gasteiger partial charge in [-0.3, -0.25) is 4.79 Å². The molecule has 0 bridgehead atoms. The molecule has 0 aliphatic carbocycles. The topological polar surface area (TPSA) is 65.1 Å². The van der Waals surface area contributed by atoms with E-state index in [-0.39, 0.29) is 5.92 Å². The van der Waals surface area contributed by atoms with Crippen LogP contribution in [0.3, 0.4) is 0 Å². The summed E-state index contributed by atoms with van der Waals surface area (Å²) in [6, 6.07) is 1.87. The van der Waals surface area contributed by atoms with E-state index in [9.17, 15) is 4.79 Å². The Morgan fingerprint density at radius 3 is 3.00 bits per heavy atom. The highest BCUT2D eigenvalue weighted by molar-refractivity contribution is 5.70. The molecule has 1 aromatic rings. The van der Waals surface area contributed by atoms with Crippen molar-refractivity contribution in [1.82, 2.24) is 4.98 Å². The molecule has 0 aromatic carbocycles. The maximum absolute atomic E-state index is 10.6. The SMILES string of the molecule is CCC(CNc1cc[nH]c1)C(=O)O. The van der Waals surface area contributed by atoms with Gasteiger partial charge in [-0.15, -0.1) is 0 Å². The molecule has 0 amide bonds. The summed E-state index contributed by atoms with van der Waals surface area (Å²) < 4.78 is 0. The fourth-order valence-corrected chi connectivity index (χ4v) is 1.08. The predicted octanol–water partition coefficient (Wildman–Crippen LogP) is 1.54. The number of nitrogens with one attached hydrogen (secondary N) is 2. The van der Waals surface area contributed by atoms with E-state index in [0.717, 1.165) is 5.69 Å². The zero-order chi connectivity index (χ0) is 9.68. The number of anilines is 1. The first kappa shape index (κ1) is 9.64. The van der Waals surface area contributed by atoms with Crippen molar-refractivity contribution in [2.24, 2.45) is 5.92 Å². The Morgan fingerprint density at radius 2 is 2.54 bits per heavy atom. The number of H-pyrrole nitrogens is 1. The van der Waals surface area contributed by atoms with Crippen molar-refractivity contribution in [1.29, 1.82) is 0 Å². The molecule has 0 radical (unpaired) electrons. The number of hydrogen-bond donors (Lipinski definition) is 3. The molecule has 72 valence electrons. The van der Waals surface area contributed by atoms with Crippen molar-refractivity contribution in [2.45, 2.75) is 13.3 Å². The van der Waals surface area contributed by atoms with Gasteiger partial charge in [0.25, 0.3) is 0 Å². The highest BCUT2D eigenvalue weighted by Gasteiger charge is 2.13. The lowest BCUT2D eigenvalue weighted by Gasteiger charge is -2.10. The minimum absolute atomic E-state index is 0.310. The molecule has 0 fully saturated rings. The zero-order valence-electron chi connectivity index (χ0n) is 7.58. The molecule has 1 atom stereocenters. The average Bonchev–Trinajstić information content (AvgIpc) is 2.57. The van der Waals surface area contributed by atoms with Crippen LogP contribution in [-0.4, -0.2) is 22.6 Å². The monoisotopic (exact) mass is 182 g/mol. The second kappa shape index (κ2) is 4.54. The van der Waals surface area contributed by atoms with Crippen molar-refractivity contribution in [3.63, 3.8) is 0 Å². The van der Waals surface area contributed by atoms with E-state index in [1.54, 1.807) is 12.4 Å². The van der Waals surface area contributed by atoms with Crippen LogP contribution in [0, 0.1) is 5.92 Å². The van der Waals surface area contributed by atoms with E-state index in [1.165, 1.54) is 0 Å². The Balaban J connectivity index is 2.36. The number of hydrogen-bond acceptors (Lipinski definition) is 2. The molecular formula is C9H14N2O2. The lowest BCUT2D eigenvalue weighted by atomic mass is 10.1. The number of carboxylic acid groups (broad SMARTS) is 1. The third-order valence-electron chi connectivity index (χ3n) is 1.99. The Bertz CT molecular complexity index is 257. The van der Waals surface area contributed by atoms with Gasteiger partial charge >= 0.3 is 5.97 Å². The first-order chi connectivity index (χ1) is 6.24. The fraction of sp³-hybridized carbons (Fsp3) is 0.444. The summed E-state index contributed by atoms with van der Waals surface area (Å²) in [6.45, 7) is 2.35. The smallest absolute Gasteiger partial charge is 0.308 e. The quantitative estimate of drug-likeness (QED) is 0.647. The third-order valence-corrected chi connectivity index (χ3v) is 1.99. The molecular weight excluding hydrogens is 168 g/mol. The van der Waals surface area contributed by atoms with Gasteiger partial charge in [-0.1, -0.05) is 6.92 Å². The van der Waals surface area contributed by atoms with Crippen molar-refractivity contribution in [3.8, 4) is 0 Å². The maximum Gasteiger partial charge on any atom is 0.308 e. The van der Waals surface area contributed by atoms with Gasteiger partial charge < -0.3 is 15.4 Å². The van der Waals surface area contributed by atoms with E-state index >= 15 is 0 Å². The maximum atomic E-state index is 10.6. The lowest BCUT2D eigenvalue weighted by molar-refractivity contribution is -0.141. The van der Waals surface area contributed by atoms with E-state index in [0.29, 0.717) is 13.0 Å². The molecule has 1 unspecified atom stereocenters. The van der Waals surface area contributed by atoms with Gasteiger partial charge in [0.05, 0.1) is 11.6 Å². The Morgan fingerprint density at radius 1 is 1.77 bits per heavy atom. The van der Waals surface area contributed by atoms with Crippen LogP contribution >= 0.6 is 0 Å². The van der Waals surface area contributed by atoms with Crippen LogP contribution < -0.4 is 5.32 Å². The van der Waals surface area contributed by atoms with Gasteiger partial charge in [-0.25, -0.2) is 0 Å². The largest absolute Gasteiger partial charge is 0.481 e. The van der Waals surface area contributed by atoms with Gasteiger partial charge in [0.15, 0.2) is 0 Å². The predicted molar refractivity (Wildman–Crippen MR) is 50.7 cm³/mol. The third kappa shape index (κ3) is 2.82. The molecule has 0 aliphatic heterocycles. The molecule has 4 heteroatoms. The van der Waals surface area contributed by atoms with Crippen molar-refractivity contribution < 1.29 is 9.90 Å². The average molecular weight is 182 g/mol. The number of carboxylic acids is 1. The Labute approximate surface area is 77.0 Å². The highest BCUT2D eigenvalue weighted by atomic mass is 16.4. The zero-order valence-corrected chi connectivity index (χ0v) is 7.58. The molecule has 0 saturated carbocycles. The summed E-state index contributed by atoms with van der Waals surface area (Å²) >= 11 is 0. The second-order valence-corrected chi connectivity index (χ2v) is 2.92. The first-order valence-electron chi connectivity index (χ1n) is 4.33. The van der Waals surface area contributed by atoms with Crippen LogP contribution in [0.15, 0.2) is 18.5 Å². The molecule has 1 rings (SSSR count). The number of aliphatic carboxylic acids is 1. The van der Waals surface area contributed by atoms with Crippen LogP contribution in [0.5, 0.6) is 0 Å². The van der Waals surface area contributed by atoms with Crippen molar-refractivity contribution in [3.05, 3.63) is 18.5 Å². The summed E-state index contributed by atoms with van der Waals surface area (Å²) in [5.74, 6) is -1.06. The van der Waals surface area contributed by atoms with Crippen LogP contribution in [0.25, 0.3) is 0 Å². The normalized spacial score (nSPS) is 12.4. The Kier molecular flexibility index (Phi) is 3.37. The molecule has 1 aromatic heterocycles. The van der Waals surface area contributed by atoms with Crippen LogP contribution in [0.4, 0.5) is 5.69 Å².